The van der Waals surface area contributed by atoms with Gasteiger partial charge < -0.3 is 4.90 Å². The molecule has 218 valence electrons. The van der Waals surface area contributed by atoms with Crippen molar-refractivity contribution in [2.45, 2.75) is 57.3 Å². The van der Waals surface area contributed by atoms with Crippen LogP contribution in [-0.4, -0.2) is 61.4 Å². The first kappa shape index (κ1) is 27.2. The molecule has 1 unspecified atom stereocenters. The van der Waals surface area contributed by atoms with E-state index in [-0.39, 0.29) is 24.1 Å². The van der Waals surface area contributed by atoms with Crippen molar-refractivity contribution < 1.29 is 14.4 Å². The van der Waals surface area contributed by atoms with E-state index in [1.807, 2.05) is 36.5 Å². The molecule has 3 aliphatic heterocycles. The fourth-order valence-corrected chi connectivity index (χ4v) is 6.65. The highest BCUT2D eigenvalue weighted by atomic mass is 16.2. The van der Waals surface area contributed by atoms with Gasteiger partial charge in [-0.25, -0.2) is 0 Å². The van der Waals surface area contributed by atoms with Gasteiger partial charge in [-0.2, -0.15) is 5.10 Å². The van der Waals surface area contributed by atoms with Gasteiger partial charge in [-0.1, -0.05) is 48.5 Å². The molecular formula is C34H34N6O3. The second-order valence-corrected chi connectivity index (χ2v) is 11.7. The lowest BCUT2D eigenvalue weighted by Gasteiger charge is -2.31. The molecule has 4 aromatic rings. The van der Waals surface area contributed by atoms with Crippen LogP contribution in [0, 0.1) is 0 Å². The molecule has 2 saturated heterocycles. The molecule has 1 N–H and O–H groups in total. The highest BCUT2D eigenvalue weighted by Gasteiger charge is 2.39. The van der Waals surface area contributed by atoms with Crippen molar-refractivity contribution in [1.29, 1.82) is 0 Å². The molecular weight excluding hydrogens is 540 g/mol. The van der Waals surface area contributed by atoms with Crippen LogP contribution in [0.1, 0.15) is 64.3 Å². The van der Waals surface area contributed by atoms with Crippen LogP contribution in [0.4, 0.5) is 0 Å². The number of pyridine rings is 1. The number of fused-ring (bicyclic) bond motifs is 1. The zero-order valence-electron chi connectivity index (χ0n) is 24.0. The number of nitrogens with zero attached hydrogens (tertiary/aromatic N) is 5. The minimum Gasteiger partial charge on any atom is -0.322 e. The maximum absolute atomic E-state index is 13.1. The van der Waals surface area contributed by atoms with E-state index in [1.165, 1.54) is 11.1 Å². The lowest BCUT2D eigenvalue weighted by molar-refractivity contribution is -0.136. The third-order valence-electron chi connectivity index (χ3n) is 8.93. The number of carbonyl (C=O) groups excluding carboxylic acids is 3. The lowest BCUT2D eigenvalue weighted by atomic mass is 9.88. The molecule has 0 aliphatic carbocycles. The van der Waals surface area contributed by atoms with Crippen LogP contribution >= 0.6 is 0 Å². The van der Waals surface area contributed by atoms with Crippen LogP contribution in [0.5, 0.6) is 0 Å². The molecule has 5 heterocycles. The summed E-state index contributed by atoms with van der Waals surface area (Å²) in [5.74, 6) is -0.348. The molecule has 0 saturated carbocycles. The predicted molar refractivity (Wildman–Crippen MR) is 161 cm³/mol. The Hall–Kier alpha value is -4.63. The SMILES string of the molecule is O=C1CCC(N2Cc3cc(C4CCN(Cc5cc(-c6ccccn6)n(Cc6ccccc6)n5)CC4)ccc3C2=O)C(=O)N1. The molecule has 2 aromatic heterocycles. The number of hydrogen-bond acceptors (Lipinski definition) is 6. The molecule has 3 aliphatic rings. The van der Waals surface area contributed by atoms with Gasteiger partial charge in [0.2, 0.25) is 11.8 Å². The number of carbonyl (C=O) groups is 3. The smallest absolute Gasteiger partial charge is 0.255 e. The fraction of sp³-hybridized carbons (Fsp3) is 0.324. The first-order valence-corrected chi connectivity index (χ1v) is 15.0. The minimum atomic E-state index is -0.585. The summed E-state index contributed by atoms with van der Waals surface area (Å²) in [7, 11) is 0. The van der Waals surface area contributed by atoms with Gasteiger partial charge >= 0.3 is 0 Å². The van der Waals surface area contributed by atoms with E-state index in [9.17, 15) is 14.4 Å². The molecule has 0 radical (unpaired) electrons. The molecule has 2 aromatic carbocycles. The van der Waals surface area contributed by atoms with Gasteiger partial charge in [-0.3, -0.25) is 34.3 Å². The number of benzene rings is 2. The van der Waals surface area contributed by atoms with Crippen molar-refractivity contribution in [3.8, 4) is 11.4 Å². The highest BCUT2D eigenvalue weighted by Crippen LogP contribution is 2.34. The van der Waals surface area contributed by atoms with Gasteiger partial charge in [0.05, 0.1) is 23.6 Å². The van der Waals surface area contributed by atoms with Crippen LogP contribution in [-0.2, 0) is 29.2 Å². The summed E-state index contributed by atoms with van der Waals surface area (Å²) in [6.45, 7) is 3.82. The van der Waals surface area contributed by atoms with Gasteiger partial charge in [0.15, 0.2) is 0 Å². The molecule has 2 fully saturated rings. The molecule has 3 amide bonds. The third-order valence-corrected chi connectivity index (χ3v) is 8.93. The number of amides is 3. The number of aromatic nitrogens is 3. The van der Waals surface area contributed by atoms with Gasteiger partial charge in [0.25, 0.3) is 5.91 Å². The molecule has 9 heteroatoms. The van der Waals surface area contributed by atoms with E-state index in [2.05, 4.69) is 62.3 Å². The number of nitrogens with one attached hydrogen (secondary N) is 1. The van der Waals surface area contributed by atoms with E-state index in [0.29, 0.717) is 31.0 Å². The summed E-state index contributed by atoms with van der Waals surface area (Å²) < 4.78 is 2.06. The number of rotatable bonds is 7. The monoisotopic (exact) mass is 574 g/mol. The van der Waals surface area contributed by atoms with Crippen molar-refractivity contribution in [1.82, 2.24) is 29.9 Å². The average Bonchev–Trinajstić information content (AvgIpc) is 3.58. The standard InChI is InChI=1S/C34H34N6O3/c41-32-12-11-30(33(42)36-32)39-21-26-18-25(9-10-28(26)34(39)43)24-13-16-38(17-14-24)22-27-19-31(29-8-4-5-15-35-29)40(37-27)20-23-6-2-1-3-7-23/h1-10,15,18-19,24,30H,11-14,16-17,20-22H2,(H,36,41,42). The van der Waals surface area contributed by atoms with Crippen LogP contribution in [0.25, 0.3) is 11.4 Å². The van der Waals surface area contributed by atoms with Crippen LogP contribution < -0.4 is 5.32 Å². The summed E-state index contributed by atoms with van der Waals surface area (Å²) in [6, 6.07) is 24.1. The second-order valence-electron chi connectivity index (χ2n) is 11.7. The fourth-order valence-electron chi connectivity index (χ4n) is 6.65. The van der Waals surface area contributed by atoms with Crippen LogP contribution in [0.3, 0.4) is 0 Å². The Morgan fingerprint density at radius 3 is 2.44 bits per heavy atom. The molecule has 43 heavy (non-hydrogen) atoms. The van der Waals surface area contributed by atoms with E-state index in [1.54, 1.807) is 4.90 Å². The van der Waals surface area contributed by atoms with Crippen molar-refractivity contribution in [3.63, 3.8) is 0 Å². The Morgan fingerprint density at radius 2 is 1.67 bits per heavy atom. The Kier molecular flexibility index (Phi) is 7.32. The molecule has 0 bridgehead atoms. The number of imide groups is 1. The maximum Gasteiger partial charge on any atom is 0.255 e. The summed E-state index contributed by atoms with van der Waals surface area (Å²) in [4.78, 5) is 45.7. The average molecular weight is 575 g/mol. The van der Waals surface area contributed by atoms with Gasteiger partial charge in [0.1, 0.15) is 6.04 Å². The van der Waals surface area contributed by atoms with Gasteiger partial charge in [0, 0.05) is 31.3 Å². The Labute approximate surface area is 250 Å². The molecule has 0 spiro atoms. The predicted octanol–water partition coefficient (Wildman–Crippen LogP) is 4.13. The van der Waals surface area contributed by atoms with Crippen molar-refractivity contribution >= 4 is 17.7 Å². The van der Waals surface area contributed by atoms with E-state index < -0.39 is 6.04 Å². The summed E-state index contributed by atoms with van der Waals surface area (Å²) in [5, 5.41) is 7.38. The zero-order chi connectivity index (χ0) is 29.3. The number of hydrogen-bond donors (Lipinski definition) is 1. The van der Waals surface area contributed by atoms with Crippen molar-refractivity contribution in [3.05, 3.63) is 107 Å². The maximum atomic E-state index is 13.1. The highest BCUT2D eigenvalue weighted by molar-refractivity contribution is 6.05. The number of likely N-dealkylation sites (tertiary alicyclic amines) is 1. The van der Waals surface area contributed by atoms with Gasteiger partial charge in [-0.05, 0) is 79.2 Å². The van der Waals surface area contributed by atoms with Crippen molar-refractivity contribution in [2.75, 3.05) is 13.1 Å². The first-order chi connectivity index (χ1) is 21.0. The number of piperidine rings is 2. The Morgan fingerprint density at radius 1 is 0.860 bits per heavy atom. The summed E-state index contributed by atoms with van der Waals surface area (Å²) in [5.41, 5.74) is 7.07. The quantitative estimate of drug-likeness (QED) is 0.333. The van der Waals surface area contributed by atoms with Crippen molar-refractivity contribution in [2.24, 2.45) is 0 Å². The van der Waals surface area contributed by atoms with E-state index >= 15 is 0 Å². The first-order valence-electron chi connectivity index (χ1n) is 15.0. The second kappa shape index (κ2) is 11.6. The largest absolute Gasteiger partial charge is 0.322 e. The molecule has 1 atom stereocenters. The molecule has 7 rings (SSSR count). The zero-order valence-corrected chi connectivity index (χ0v) is 24.0. The van der Waals surface area contributed by atoms with E-state index in [4.69, 9.17) is 5.10 Å². The van der Waals surface area contributed by atoms with Gasteiger partial charge in [-0.15, -0.1) is 0 Å². The van der Waals surface area contributed by atoms with Crippen LogP contribution in [0.15, 0.2) is 79.0 Å². The molecule has 9 nitrogen and oxygen atoms in total. The Bertz CT molecular complexity index is 1660. The minimum absolute atomic E-state index is 0.123. The van der Waals surface area contributed by atoms with E-state index in [0.717, 1.165) is 55.1 Å². The summed E-state index contributed by atoms with van der Waals surface area (Å²) in [6.07, 6.45) is 4.52. The third kappa shape index (κ3) is 5.60. The Balaban J connectivity index is 1.01. The normalized spacial score (nSPS) is 19.5. The topological polar surface area (TPSA) is 100 Å². The lowest BCUT2D eigenvalue weighted by Crippen LogP contribution is -2.52. The summed E-state index contributed by atoms with van der Waals surface area (Å²) >= 11 is 0. The van der Waals surface area contributed by atoms with Crippen LogP contribution in [0.2, 0.25) is 0 Å².